The van der Waals surface area contributed by atoms with Crippen LogP contribution in [0.5, 0.6) is 0 Å². The zero-order chi connectivity index (χ0) is 19.1. The molecule has 0 saturated carbocycles. The maximum Gasteiger partial charge on any atom is 0.352 e. The first kappa shape index (κ1) is 17.2. The Kier molecular flexibility index (Phi) is 4.16. The number of nitrogens with zero attached hydrogens (tertiary/aromatic N) is 4. The van der Waals surface area contributed by atoms with E-state index in [1.54, 1.807) is 18.2 Å². The van der Waals surface area contributed by atoms with E-state index in [1.165, 1.54) is 10.7 Å². The summed E-state index contributed by atoms with van der Waals surface area (Å²) in [6.45, 7) is 3.66. The lowest BCUT2D eigenvalue weighted by atomic mass is 10.1. The van der Waals surface area contributed by atoms with E-state index in [1.807, 2.05) is 32.0 Å². The normalized spacial score (nSPS) is 11.2. The molecule has 0 saturated heterocycles. The van der Waals surface area contributed by atoms with Gasteiger partial charge in [-0.3, -0.25) is 4.79 Å². The highest BCUT2D eigenvalue weighted by Gasteiger charge is 2.14. The van der Waals surface area contributed by atoms with Crippen molar-refractivity contribution in [3.05, 3.63) is 69.4 Å². The van der Waals surface area contributed by atoms with Crippen molar-refractivity contribution in [1.82, 2.24) is 19.2 Å². The predicted octanol–water partition coefficient (Wildman–Crippen LogP) is 2.95. The number of hydrogen-bond acceptors (Lipinski definition) is 4. The number of fused-ring (bicyclic) bond motifs is 3. The van der Waals surface area contributed by atoms with Gasteiger partial charge in [-0.15, -0.1) is 5.10 Å². The van der Waals surface area contributed by atoms with Crippen molar-refractivity contribution in [3.63, 3.8) is 0 Å². The first-order valence-corrected chi connectivity index (χ1v) is 8.71. The Balaban J connectivity index is 1.69. The Hall–Kier alpha value is -3.19. The van der Waals surface area contributed by atoms with Crippen LogP contribution in [0.1, 0.15) is 11.1 Å². The number of amides is 1. The van der Waals surface area contributed by atoms with Crippen molar-refractivity contribution in [2.75, 3.05) is 5.32 Å². The van der Waals surface area contributed by atoms with E-state index < -0.39 is 5.69 Å². The van der Waals surface area contributed by atoms with E-state index in [0.717, 1.165) is 21.5 Å². The lowest BCUT2D eigenvalue weighted by Gasteiger charge is -2.08. The molecule has 2 aromatic heterocycles. The minimum Gasteiger partial charge on any atom is -0.324 e. The maximum absolute atomic E-state index is 12.6. The van der Waals surface area contributed by atoms with Gasteiger partial charge in [0, 0.05) is 16.1 Å². The number of benzene rings is 2. The summed E-state index contributed by atoms with van der Waals surface area (Å²) in [4.78, 5) is 29.3. The van der Waals surface area contributed by atoms with Gasteiger partial charge in [-0.25, -0.2) is 18.9 Å². The molecule has 2 heterocycles. The van der Waals surface area contributed by atoms with E-state index in [-0.39, 0.29) is 12.5 Å². The van der Waals surface area contributed by atoms with Crippen LogP contribution in [0.15, 0.2) is 47.5 Å². The summed E-state index contributed by atoms with van der Waals surface area (Å²) in [5.41, 5.74) is 3.35. The second kappa shape index (κ2) is 6.51. The van der Waals surface area contributed by atoms with Crippen LogP contribution in [0.25, 0.3) is 16.6 Å². The molecule has 0 bridgehead atoms. The SMILES string of the molecule is Cc1ccc(C)c(NC(=O)Cn2nc3c4cc(Cl)ccc4ncn3c2=O)c1. The van der Waals surface area contributed by atoms with E-state index in [4.69, 9.17) is 11.6 Å². The average Bonchev–Trinajstić information content (AvgIpc) is 2.94. The summed E-state index contributed by atoms with van der Waals surface area (Å²) in [7, 11) is 0. The zero-order valence-corrected chi connectivity index (χ0v) is 15.5. The van der Waals surface area contributed by atoms with Crippen LogP contribution in [0.4, 0.5) is 5.69 Å². The minimum atomic E-state index is -0.435. The van der Waals surface area contributed by atoms with Gasteiger partial charge in [0.1, 0.15) is 12.9 Å². The van der Waals surface area contributed by atoms with Crippen molar-refractivity contribution in [1.29, 1.82) is 0 Å². The lowest BCUT2D eigenvalue weighted by molar-refractivity contribution is -0.117. The molecule has 27 heavy (non-hydrogen) atoms. The molecule has 8 heteroatoms. The molecular formula is C19H16ClN5O2. The second-order valence-corrected chi connectivity index (χ2v) is 6.84. The van der Waals surface area contributed by atoms with Crippen LogP contribution >= 0.6 is 11.6 Å². The third kappa shape index (κ3) is 3.17. The second-order valence-electron chi connectivity index (χ2n) is 6.41. The van der Waals surface area contributed by atoms with Gasteiger partial charge in [0.25, 0.3) is 0 Å². The molecule has 0 spiro atoms. The van der Waals surface area contributed by atoms with E-state index in [9.17, 15) is 9.59 Å². The maximum atomic E-state index is 12.6. The molecule has 0 fully saturated rings. The van der Waals surface area contributed by atoms with E-state index >= 15 is 0 Å². The van der Waals surface area contributed by atoms with Gasteiger partial charge in [0.05, 0.1) is 5.52 Å². The van der Waals surface area contributed by atoms with Gasteiger partial charge in [-0.05, 0) is 49.2 Å². The molecule has 0 aliphatic carbocycles. The number of anilines is 1. The molecule has 4 aromatic rings. The van der Waals surface area contributed by atoms with Gasteiger partial charge in [0.2, 0.25) is 5.91 Å². The van der Waals surface area contributed by atoms with E-state index in [2.05, 4.69) is 15.4 Å². The van der Waals surface area contributed by atoms with Crippen molar-refractivity contribution >= 4 is 39.7 Å². The molecule has 1 amide bonds. The van der Waals surface area contributed by atoms with Crippen LogP contribution in [-0.4, -0.2) is 25.1 Å². The van der Waals surface area contributed by atoms with Crippen LogP contribution < -0.4 is 11.0 Å². The summed E-state index contributed by atoms with van der Waals surface area (Å²) >= 11 is 6.05. The highest BCUT2D eigenvalue weighted by molar-refractivity contribution is 6.31. The van der Waals surface area contributed by atoms with Crippen molar-refractivity contribution in [3.8, 4) is 0 Å². The van der Waals surface area contributed by atoms with E-state index in [0.29, 0.717) is 21.6 Å². The predicted molar refractivity (Wildman–Crippen MR) is 104 cm³/mol. The fraction of sp³-hybridized carbons (Fsp3) is 0.158. The number of aromatic nitrogens is 4. The Bertz CT molecular complexity index is 1260. The third-order valence-corrected chi connectivity index (χ3v) is 4.58. The lowest BCUT2D eigenvalue weighted by Crippen LogP contribution is -2.28. The van der Waals surface area contributed by atoms with Crippen LogP contribution in [0.2, 0.25) is 5.02 Å². The minimum absolute atomic E-state index is 0.198. The number of carbonyl (C=O) groups is 1. The average molecular weight is 382 g/mol. The largest absolute Gasteiger partial charge is 0.352 e. The highest BCUT2D eigenvalue weighted by atomic mass is 35.5. The molecule has 0 atom stereocenters. The van der Waals surface area contributed by atoms with Gasteiger partial charge in [-0.1, -0.05) is 23.7 Å². The number of nitrogens with one attached hydrogen (secondary N) is 1. The molecule has 0 aliphatic heterocycles. The van der Waals surface area contributed by atoms with Crippen LogP contribution in [0, 0.1) is 13.8 Å². The summed E-state index contributed by atoms with van der Waals surface area (Å²) in [6.07, 6.45) is 1.40. The van der Waals surface area contributed by atoms with Gasteiger partial charge in [0.15, 0.2) is 5.65 Å². The van der Waals surface area contributed by atoms with Crippen molar-refractivity contribution in [2.45, 2.75) is 20.4 Å². The number of hydrogen-bond donors (Lipinski definition) is 1. The number of halogens is 1. The van der Waals surface area contributed by atoms with Crippen molar-refractivity contribution < 1.29 is 4.79 Å². The Morgan fingerprint density at radius 3 is 2.81 bits per heavy atom. The smallest absolute Gasteiger partial charge is 0.324 e. The quantitative estimate of drug-likeness (QED) is 0.591. The van der Waals surface area contributed by atoms with Gasteiger partial charge in [-0.2, -0.15) is 0 Å². The molecule has 4 rings (SSSR count). The molecule has 0 aliphatic rings. The van der Waals surface area contributed by atoms with Crippen LogP contribution in [0.3, 0.4) is 0 Å². The number of rotatable bonds is 3. The molecule has 0 radical (unpaired) electrons. The Morgan fingerprint density at radius 1 is 1.19 bits per heavy atom. The summed E-state index contributed by atoms with van der Waals surface area (Å²) in [6, 6.07) is 11.0. The Morgan fingerprint density at radius 2 is 2.00 bits per heavy atom. The molecule has 0 unspecified atom stereocenters. The first-order valence-electron chi connectivity index (χ1n) is 8.33. The highest BCUT2D eigenvalue weighted by Crippen LogP contribution is 2.20. The topological polar surface area (TPSA) is 81.3 Å². The molecule has 1 N–H and O–H groups in total. The van der Waals surface area contributed by atoms with Crippen molar-refractivity contribution in [2.24, 2.45) is 0 Å². The van der Waals surface area contributed by atoms with Crippen LogP contribution in [-0.2, 0) is 11.3 Å². The third-order valence-electron chi connectivity index (χ3n) is 4.34. The fourth-order valence-corrected chi connectivity index (χ4v) is 3.10. The summed E-state index contributed by atoms with van der Waals surface area (Å²) in [5.74, 6) is -0.329. The molecule has 7 nitrogen and oxygen atoms in total. The molecule has 2 aromatic carbocycles. The monoisotopic (exact) mass is 381 g/mol. The zero-order valence-electron chi connectivity index (χ0n) is 14.7. The fourth-order valence-electron chi connectivity index (χ4n) is 2.93. The van der Waals surface area contributed by atoms with Gasteiger partial charge < -0.3 is 5.32 Å². The number of aryl methyl sites for hydroxylation is 2. The summed E-state index contributed by atoms with van der Waals surface area (Å²) in [5, 5.41) is 8.31. The standard InChI is InChI=1S/C19H16ClN5O2/c1-11-3-4-12(2)16(7-11)22-17(26)9-25-19(27)24-10-21-15-6-5-13(20)8-14(15)18(24)23-25/h3-8,10H,9H2,1-2H3,(H,22,26). The first-order chi connectivity index (χ1) is 12.9. The van der Waals surface area contributed by atoms with Gasteiger partial charge >= 0.3 is 5.69 Å². The Labute approximate surface area is 159 Å². The summed E-state index contributed by atoms with van der Waals surface area (Å²) < 4.78 is 2.43. The molecule has 136 valence electrons. The molecular weight excluding hydrogens is 366 g/mol. The number of carbonyl (C=O) groups excluding carboxylic acids is 1.